The molecule has 0 aliphatic rings. The minimum Gasteiger partial charge on any atom is -0.480 e. The van der Waals surface area contributed by atoms with Crippen molar-refractivity contribution in [2.24, 2.45) is 0 Å². The van der Waals surface area contributed by atoms with Crippen molar-refractivity contribution in [2.75, 3.05) is 11.8 Å². The minimum absolute atomic E-state index is 0.0607. The van der Waals surface area contributed by atoms with Gasteiger partial charge in [0.2, 0.25) is 5.88 Å². The maximum Gasteiger partial charge on any atom is 0.268 e. The number of pyridine rings is 2. The molecule has 0 saturated heterocycles. The van der Waals surface area contributed by atoms with E-state index in [9.17, 15) is 12.8 Å². The zero-order valence-corrected chi connectivity index (χ0v) is 16.7. The molecule has 0 unspecified atom stereocenters. The first-order chi connectivity index (χ1) is 13.8. The summed E-state index contributed by atoms with van der Waals surface area (Å²) in [6.45, 7) is 1.72. The Kier molecular flexibility index (Phi) is 5.91. The van der Waals surface area contributed by atoms with E-state index in [2.05, 4.69) is 36.5 Å². The summed E-state index contributed by atoms with van der Waals surface area (Å²) in [6.07, 6.45) is 5.44. The minimum atomic E-state index is -4.28. The zero-order valence-electron chi connectivity index (χ0n) is 15.1. The Morgan fingerprint density at radius 3 is 2.55 bits per heavy atom. The predicted octanol–water partition coefficient (Wildman–Crippen LogP) is 2.58. The summed E-state index contributed by atoms with van der Waals surface area (Å²) < 4.78 is 47.1. The fraction of sp³-hybridized carbons (Fsp3) is 0.111. The molecule has 0 aliphatic carbocycles. The Hall–Kier alpha value is -3.29. The van der Waals surface area contributed by atoms with Crippen LogP contribution in [0.5, 0.6) is 5.88 Å². The van der Waals surface area contributed by atoms with E-state index in [1.165, 1.54) is 38.0 Å². The summed E-state index contributed by atoms with van der Waals surface area (Å²) in [5.41, 5.74) is 0.415. The maximum atomic E-state index is 14.8. The lowest BCUT2D eigenvalue weighted by molar-refractivity contribution is 0.385. The molecule has 0 bridgehead atoms. The van der Waals surface area contributed by atoms with Gasteiger partial charge in [-0.05, 0) is 19.1 Å². The van der Waals surface area contributed by atoms with Crippen molar-refractivity contribution in [3.8, 4) is 17.7 Å². The maximum absolute atomic E-state index is 14.8. The number of hydrogen-bond acceptors (Lipinski definition) is 7. The van der Waals surface area contributed by atoms with Crippen LogP contribution in [-0.2, 0) is 10.0 Å². The highest BCUT2D eigenvalue weighted by atomic mass is 35.5. The normalized spacial score (nSPS) is 10.8. The summed E-state index contributed by atoms with van der Waals surface area (Å²) in [5, 5.41) is 0.0690. The molecule has 0 aliphatic heterocycles. The molecule has 148 valence electrons. The lowest BCUT2D eigenvalue weighted by atomic mass is 10.2. The first-order valence-corrected chi connectivity index (χ1v) is 9.84. The lowest BCUT2D eigenvalue weighted by Gasteiger charge is -2.11. The first-order valence-electron chi connectivity index (χ1n) is 7.97. The average molecular weight is 434 g/mol. The molecular formula is C18H13ClFN5O3S. The highest BCUT2D eigenvalue weighted by Crippen LogP contribution is 2.27. The van der Waals surface area contributed by atoms with Gasteiger partial charge in [0.15, 0.2) is 16.5 Å². The van der Waals surface area contributed by atoms with Crippen LogP contribution in [0.25, 0.3) is 0 Å². The van der Waals surface area contributed by atoms with Crippen LogP contribution in [0.2, 0.25) is 5.02 Å². The number of sulfonamides is 1. The van der Waals surface area contributed by atoms with Crippen LogP contribution < -0.4 is 9.46 Å². The lowest BCUT2D eigenvalue weighted by Crippen LogP contribution is -2.17. The number of aromatic nitrogens is 4. The van der Waals surface area contributed by atoms with Gasteiger partial charge < -0.3 is 4.74 Å². The summed E-state index contributed by atoms with van der Waals surface area (Å²) in [4.78, 5) is 15.2. The standard InChI is InChI=1S/C18H13ClFN5O3S/c1-11-22-8-12(9-23-11)3-4-13-5-6-21-17(16(13)20)25-29(26,27)15-7-14(19)10-24-18(15)28-2/h5-10H,1-2H3,(H,21,25). The SMILES string of the molecule is COc1ncc(Cl)cc1S(=O)(=O)Nc1nccc(C#Cc2cnc(C)nc2)c1F. The molecular weight excluding hydrogens is 421 g/mol. The van der Waals surface area contributed by atoms with Crippen LogP contribution in [0.1, 0.15) is 17.0 Å². The summed E-state index contributed by atoms with van der Waals surface area (Å²) in [7, 11) is -3.03. The molecule has 0 spiro atoms. The monoisotopic (exact) mass is 433 g/mol. The molecule has 0 saturated carbocycles. The van der Waals surface area contributed by atoms with Gasteiger partial charge in [0, 0.05) is 24.8 Å². The number of anilines is 1. The molecule has 29 heavy (non-hydrogen) atoms. The summed E-state index contributed by atoms with van der Waals surface area (Å²) >= 11 is 5.82. The summed E-state index contributed by atoms with van der Waals surface area (Å²) in [5.74, 6) is 4.23. The van der Waals surface area contributed by atoms with E-state index in [1.54, 1.807) is 6.92 Å². The molecule has 8 nitrogen and oxygen atoms in total. The fourth-order valence-electron chi connectivity index (χ4n) is 2.14. The number of nitrogens with one attached hydrogen (secondary N) is 1. The van der Waals surface area contributed by atoms with E-state index < -0.39 is 21.7 Å². The molecule has 3 rings (SSSR count). The van der Waals surface area contributed by atoms with Crippen LogP contribution in [0, 0.1) is 24.6 Å². The zero-order chi connectivity index (χ0) is 21.0. The Balaban J connectivity index is 1.94. The average Bonchev–Trinajstić information content (AvgIpc) is 2.70. The number of hydrogen-bond donors (Lipinski definition) is 1. The van der Waals surface area contributed by atoms with Gasteiger partial charge in [-0.1, -0.05) is 23.4 Å². The molecule has 0 atom stereocenters. The van der Waals surface area contributed by atoms with E-state index >= 15 is 0 Å². The van der Waals surface area contributed by atoms with Crippen LogP contribution >= 0.6 is 11.6 Å². The van der Waals surface area contributed by atoms with Gasteiger partial charge in [0.05, 0.1) is 23.3 Å². The number of halogens is 2. The summed E-state index contributed by atoms with van der Waals surface area (Å²) in [6, 6.07) is 2.45. The third-order valence-corrected chi connectivity index (χ3v) is 5.05. The number of ether oxygens (including phenoxy) is 1. The highest BCUT2D eigenvalue weighted by Gasteiger charge is 2.24. The third-order valence-electron chi connectivity index (χ3n) is 3.51. The second-order valence-electron chi connectivity index (χ2n) is 5.56. The van der Waals surface area contributed by atoms with Gasteiger partial charge in [0.1, 0.15) is 5.82 Å². The van der Waals surface area contributed by atoms with Crippen molar-refractivity contribution in [1.82, 2.24) is 19.9 Å². The molecule has 11 heteroatoms. The quantitative estimate of drug-likeness (QED) is 0.630. The molecule has 0 fully saturated rings. The third kappa shape index (κ3) is 4.77. The van der Waals surface area contributed by atoms with E-state index in [1.807, 2.05) is 0 Å². The van der Waals surface area contributed by atoms with Crippen molar-refractivity contribution in [2.45, 2.75) is 11.8 Å². The topological polar surface area (TPSA) is 107 Å². The smallest absolute Gasteiger partial charge is 0.268 e. The molecule has 1 N–H and O–H groups in total. The Morgan fingerprint density at radius 1 is 1.14 bits per heavy atom. The van der Waals surface area contributed by atoms with Gasteiger partial charge in [-0.15, -0.1) is 0 Å². The van der Waals surface area contributed by atoms with Crippen LogP contribution in [0.15, 0.2) is 41.8 Å². The second kappa shape index (κ2) is 8.38. The van der Waals surface area contributed by atoms with Crippen molar-refractivity contribution in [3.63, 3.8) is 0 Å². The molecule has 0 amide bonds. The molecule has 3 aromatic rings. The number of rotatable bonds is 4. The van der Waals surface area contributed by atoms with Gasteiger partial charge in [-0.25, -0.2) is 32.7 Å². The highest BCUT2D eigenvalue weighted by molar-refractivity contribution is 7.92. The molecule has 0 radical (unpaired) electrons. The fourth-order valence-corrected chi connectivity index (χ4v) is 3.52. The van der Waals surface area contributed by atoms with E-state index in [0.29, 0.717) is 11.4 Å². The van der Waals surface area contributed by atoms with Crippen molar-refractivity contribution >= 4 is 27.4 Å². The molecule has 3 aromatic heterocycles. The number of nitrogens with zero attached hydrogens (tertiary/aromatic N) is 4. The second-order valence-corrected chi connectivity index (χ2v) is 7.64. The van der Waals surface area contributed by atoms with E-state index in [4.69, 9.17) is 16.3 Å². The van der Waals surface area contributed by atoms with Gasteiger partial charge in [0.25, 0.3) is 10.0 Å². The van der Waals surface area contributed by atoms with Crippen molar-refractivity contribution in [3.05, 3.63) is 64.7 Å². The van der Waals surface area contributed by atoms with Gasteiger partial charge in [-0.3, -0.25) is 4.72 Å². The van der Waals surface area contributed by atoms with Crippen LogP contribution in [0.3, 0.4) is 0 Å². The van der Waals surface area contributed by atoms with Crippen LogP contribution in [0.4, 0.5) is 10.2 Å². The van der Waals surface area contributed by atoms with Gasteiger partial charge >= 0.3 is 0 Å². The van der Waals surface area contributed by atoms with Crippen molar-refractivity contribution < 1.29 is 17.5 Å². The predicted molar refractivity (Wildman–Crippen MR) is 104 cm³/mol. The van der Waals surface area contributed by atoms with Gasteiger partial charge in [-0.2, -0.15) is 0 Å². The van der Waals surface area contributed by atoms with E-state index in [-0.39, 0.29) is 21.4 Å². The Bertz CT molecular complexity index is 1220. The number of aryl methyl sites for hydroxylation is 1. The largest absolute Gasteiger partial charge is 0.480 e. The molecule has 0 aromatic carbocycles. The van der Waals surface area contributed by atoms with Crippen LogP contribution in [-0.4, -0.2) is 35.5 Å². The first kappa shape index (κ1) is 20.4. The van der Waals surface area contributed by atoms with E-state index in [0.717, 1.165) is 6.07 Å². The molecule has 3 heterocycles. The van der Waals surface area contributed by atoms with Crippen molar-refractivity contribution in [1.29, 1.82) is 0 Å². The Labute approximate surface area is 171 Å². The Morgan fingerprint density at radius 2 is 1.86 bits per heavy atom. The number of methoxy groups -OCH3 is 1.